The Labute approximate surface area is 182 Å². The summed E-state index contributed by atoms with van der Waals surface area (Å²) in [7, 11) is -3.76. The van der Waals surface area contributed by atoms with Gasteiger partial charge in [0.25, 0.3) is 0 Å². The van der Waals surface area contributed by atoms with Gasteiger partial charge in [0.2, 0.25) is 10.0 Å². The molecule has 0 unspecified atom stereocenters. The third-order valence-corrected chi connectivity index (χ3v) is 7.09. The van der Waals surface area contributed by atoms with E-state index in [-0.39, 0.29) is 18.0 Å². The van der Waals surface area contributed by atoms with Crippen molar-refractivity contribution in [1.82, 2.24) is 19.8 Å². The Morgan fingerprint density at radius 2 is 1.71 bits per heavy atom. The summed E-state index contributed by atoms with van der Waals surface area (Å²) in [5.74, 6) is -1.55. The lowest BCUT2D eigenvalue weighted by Crippen LogP contribution is -2.53. The van der Waals surface area contributed by atoms with E-state index in [2.05, 4.69) is 15.5 Å². The molecule has 0 aromatic heterocycles. The van der Waals surface area contributed by atoms with Crippen LogP contribution in [0.15, 0.2) is 35.2 Å². The van der Waals surface area contributed by atoms with E-state index in [4.69, 9.17) is 9.47 Å². The highest BCUT2D eigenvalue weighted by Crippen LogP contribution is 2.21. The maximum absolute atomic E-state index is 12.9. The number of hydrogen-bond donors (Lipinski definition) is 2. The summed E-state index contributed by atoms with van der Waals surface area (Å²) < 4.78 is 37.9. The summed E-state index contributed by atoms with van der Waals surface area (Å²) in [5, 5.41) is 5.08. The van der Waals surface area contributed by atoms with Crippen molar-refractivity contribution in [3.05, 3.63) is 30.3 Å². The van der Waals surface area contributed by atoms with Gasteiger partial charge in [-0.1, -0.05) is 18.2 Å². The predicted octanol–water partition coefficient (Wildman–Crippen LogP) is -0.622. The Balaban J connectivity index is 1.44. The molecule has 31 heavy (non-hydrogen) atoms. The van der Waals surface area contributed by atoms with Gasteiger partial charge in [-0.3, -0.25) is 14.5 Å². The molecule has 10 nitrogen and oxygen atoms in total. The quantitative estimate of drug-likeness (QED) is 0.397. The van der Waals surface area contributed by atoms with Crippen molar-refractivity contribution >= 4 is 21.8 Å². The Morgan fingerprint density at radius 1 is 1.00 bits per heavy atom. The molecule has 0 spiro atoms. The first kappa shape index (κ1) is 23.6. The molecule has 0 saturated carbocycles. The number of rotatable bonds is 8. The van der Waals surface area contributed by atoms with E-state index >= 15 is 0 Å². The van der Waals surface area contributed by atoms with E-state index < -0.39 is 28.1 Å². The summed E-state index contributed by atoms with van der Waals surface area (Å²) in [6.45, 7) is 4.96. The third-order valence-electron chi connectivity index (χ3n) is 5.19. The molecule has 2 aliphatic heterocycles. The van der Waals surface area contributed by atoms with Crippen LogP contribution in [0.4, 0.5) is 0 Å². The Bertz CT molecular complexity index is 829. The fourth-order valence-corrected chi connectivity index (χ4v) is 5.09. The van der Waals surface area contributed by atoms with E-state index in [9.17, 15) is 18.0 Å². The fourth-order valence-electron chi connectivity index (χ4n) is 3.50. The van der Waals surface area contributed by atoms with Crippen LogP contribution in [0.2, 0.25) is 0 Å². The van der Waals surface area contributed by atoms with Crippen molar-refractivity contribution in [3.63, 3.8) is 0 Å². The van der Waals surface area contributed by atoms with Gasteiger partial charge in [-0.05, 0) is 31.5 Å². The van der Waals surface area contributed by atoms with Crippen molar-refractivity contribution in [2.75, 3.05) is 59.1 Å². The van der Waals surface area contributed by atoms with Gasteiger partial charge in [0, 0.05) is 26.2 Å². The van der Waals surface area contributed by atoms with Gasteiger partial charge in [-0.25, -0.2) is 8.42 Å². The second kappa shape index (κ2) is 11.5. The molecular formula is C20H30N4O6S. The zero-order chi connectivity index (χ0) is 22.1. The Morgan fingerprint density at radius 3 is 2.45 bits per heavy atom. The Kier molecular flexibility index (Phi) is 8.79. The first-order valence-electron chi connectivity index (χ1n) is 10.5. The van der Waals surface area contributed by atoms with Crippen LogP contribution in [0.3, 0.4) is 0 Å². The number of sulfonamides is 1. The lowest BCUT2D eigenvalue weighted by atomic mass is 10.3. The molecule has 2 fully saturated rings. The van der Waals surface area contributed by atoms with Crippen molar-refractivity contribution in [3.8, 4) is 0 Å². The second-order valence-electron chi connectivity index (χ2n) is 7.38. The number of nitrogens with one attached hydrogen (secondary N) is 2. The van der Waals surface area contributed by atoms with Crippen LogP contribution in [-0.4, -0.2) is 94.8 Å². The highest BCUT2D eigenvalue weighted by atomic mass is 32.2. The van der Waals surface area contributed by atoms with Crippen LogP contribution in [0.5, 0.6) is 0 Å². The van der Waals surface area contributed by atoms with Gasteiger partial charge in [-0.2, -0.15) is 4.31 Å². The fraction of sp³-hybridized carbons (Fsp3) is 0.600. The third kappa shape index (κ3) is 6.71. The number of hydrogen-bond acceptors (Lipinski definition) is 7. The van der Waals surface area contributed by atoms with Gasteiger partial charge in [0.15, 0.2) is 0 Å². The molecule has 2 aliphatic rings. The zero-order valence-electron chi connectivity index (χ0n) is 17.5. The lowest BCUT2D eigenvalue weighted by molar-refractivity contribution is -0.140. The summed E-state index contributed by atoms with van der Waals surface area (Å²) in [4.78, 5) is 26.6. The van der Waals surface area contributed by atoms with Crippen LogP contribution < -0.4 is 10.6 Å². The van der Waals surface area contributed by atoms with Gasteiger partial charge in [0.1, 0.15) is 6.23 Å². The first-order chi connectivity index (χ1) is 15.0. The number of nitrogens with zero attached hydrogens (tertiary/aromatic N) is 2. The van der Waals surface area contributed by atoms with Crippen LogP contribution >= 0.6 is 0 Å². The van der Waals surface area contributed by atoms with Crippen molar-refractivity contribution in [2.45, 2.75) is 24.0 Å². The molecule has 2 saturated heterocycles. The zero-order valence-corrected chi connectivity index (χ0v) is 18.3. The molecule has 11 heteroatoms. The second-order valence-corrected chi connectivity index (χ2v) is 9.27. The van der Waals surface area contributed by atoms with Gasteiger partial charge < -0.3 is 20.1 Å². The van der Waals surface area contributed by atoms with Crippen LogP contribution in [0, 0.1) is 0 Å². The van der Waals surface area contributed by atoms with E-state index in [1.165, 1.54) is 16.4 Å². The maximum Gasteiger partial charge on any atom is 0.309 e. The molecule has 2 amide bonds. The average molecular weight is 455 g/mol. The van der Waals surface area contributed by atoms with E-state index in [0.29, 0.717) is 19.6 Å². The smallest absolute Gasteiger partial charge is 0.309 e. The molecule has 0 radical (unpaired) electrons. The average Bonchev–Trinajstić information content (AvgIpc) is 2.81. The molecule has 1 atom stereocenters. The molecular weight excluding hydrogens is 424 g/mol. The molecule has 0 aliphatic carbocycles. The topological polar surface area (TPSA) is 117 Å². The molecule has 0 bridgehead atoms. The normalized spacial score (nSPS) is 20.8. The molecule has 1 aromatic carbocycles. The van der Waals surface area contributed by atoms with E-state index in [1.807, 2.05) is 0 Å². The summed E-state index contributed by atoms with van der Waals surface area (Å²) in [6.07, 6.45) is 0.422. The summed E-state index contributed by atoms with van der Waals surface area (Å²) >= 11 is 0. The number of carbonyl (C=O) groups is 2. The maximum atomic E-state index is 12.9. The van der Waals surface area contributed by atoms with Gasteiger partial charge in [-0.15, -0.1) is 0 Å². The molecule has 3 rings (SSSR count). The molecule has 2 heterocycles. The van der Waals surface area contributed by atoms with Crippen molar-refractivity contribution in [1.29, 1.82) is 0 Å². The molecule has 2 N–H and O–H groups in total. The number of carbonyl (C=O) groups excluding carboxylic acids is 2. The summed E-state index contributed by atoms with van der Waals surface area (Å²) in [5.41, 5.74) is 0. The molecule has 1 aromatic rings. The highest BCUT2D eigenvalue weighted by molar-refractivity contribution is 7.89. The van der Waals surface area contributed by atoms with E-state index in [0.717, 1.165) is 39.3 Å². The SMILES string of the molecule is O=C(NCCCN1CCOCC1)C(=O)NC[C@H]1OCCCN1S(=O)(=O)c1ccccc1. The van der Waals surface area contributed by atoms with Crippen LogP contribution in [-0.2, 0) is 29.1 Å². The largest absolute Gasteiger partial charge is 0.379 e. The van der Waals surface area contributed by atoms with Gasteiger partial charge in [0.05, 0.1) is 31.3 Å². The molecule has 172 valence electrons. The Hall–Kier alpha value is -2.05. The van der Waals surface area contributed by atoms with Gasteiger partial charge >= 0.3 is 11.8 Å². The van der Waals surface area contributed by atoms with E-state index in [1.54, 1.807) is 18.2 Å². The van der Waals surface area contributed by atoms with Crippen LogP contribution in [0.1, 0.15) is 12.8 Å². The lowest BCUT2D eigenvalue weighted by Gasteiger charge is -2.34. The number of ether oxygens (including phenoxy) is 2. The number of benzene rings is 1. The minimum absolute atomic E-state index is 0.105. The monoisotopic (exact) mass is 454 g/mol. The highest BCUT2D eigenvalue weighted by Gasteiger charge is 2.34. The van der Waals surface area contributed by atoms with Crippen molar-refractivity contribution < 1.29 is 27.5 Å². The standard InChI is InChI=1S/C20H30N4O6S/c25-19(21-8-4-9-23-11-14-29-15-12-23)20(26)22-16-18-24(10-5-13-30-18)31(27,28)17-6-2-1-3-7-17/h1-3,6-7,18H,4-5,8-16H2,(H,21,25)(H,22,26)/t18-/m1/s1. The van der Waals surface area contributed by atoms with Crippen molar-refractivity contribution in [2.24, 2.45) is 0 Å². The summed E-state index contributed by atoms with van der Waals surface area (Å²) in [6, 6.07) is 8.08. The first-order valence-corrected chi connectivity index (χ1v) is 12.0. The van der Waals surface area contributed by atoms with Crippen LogP contribution in [0.25, 0.3) is 0 Å². The number of amides is 2. The minimum Gasteiger partial charge on any atom is -0.379 e. The predicted molar refractivity (Wildman–Crippen MR) is 113 cm³/mol. The minimum atomic E-state index is -3.76. The number of morpholine rings is 1.